The van der Waals surface area contributed by atoms with Gasteiger partial charge in [0.25, 0.3) is 11.5 Å². The molecule has 4 aromatic rings. The minimum atomic E-state index is -0.415. The number of aromatic nitrogens is 4. The molecule has 0 spiro atoms. The van der Waals surface area contributed by atoms with Gasteiger partial charge in [-0.3, -0.25) is 14.2 Å². The van der Waals surface area contributed by atoms with Crippen LogP contribution in [0.4, 0.5) is 0 Å². The largest absolute Gasteiger partial charge is 0.330 e. The molecule has 2 N–H and O–H groups in total. The van der Waals surface area contributed by atoms with Gasteiger partial charge in [-0.2, -0.15) is 5.10 Å². The van der Waals surface area contributed by atoms with Crippen molar-refractivity contribution in [3.05, 3.63) is 93.2 Å². The van der Waals surface area contributed by atoms with Crippen LogP contribution in [-0.4, -0.2) is 43.2 Å². The number of rotatable bonds is 9. The first-order valence-corrected chi connectivity index (χ1v) is 12.4. The maximum Gasteiger partial charge on any atom is 0.265 e. The fourth-order valence-corrected chi connectivity index (χ4v) is 4.67. The number of nitrogens with two attached hydrogens (primary N) is 1. The van der Waals surface area contributed by atoms with Crippen molar-refractivity contribution in [2.75, 3.05) is 13.1 Å². The molecule has 0 radical (unpaired) electrons. The molecule has 0 bridgehead atoms. The Hall–Kier alpha value is -3.49. The highest BCUT2D eigenvalue weighted by molar-refractivity contribution is 5.94. The second-order valence-corrected chi connectivity index (χ2v) is 9.19. The van der Waals surface area contributed by atoms with E-state index in [2.05, 4.69) is 5.10 Å². The molecular formula is C28H35ClN6O2. The molecule has 1 unspecified atom stereocenters. The molecule has 0 saturated carbocycles. The summed E-state index contributed by atoms with van der Waals surface area (Å²) in [6.45, 7) is 7.10. The monoisotopic (exact) mass is 522 g/mol. The second-order valence-electron chi connectivity index (χ2n) is 9.19. The molecule has 2 aromatic heterocycles. The SMILES string of the molecule is CCC(c1nc2c(c(C)nn2C)c(=O)n1Cc1ccccc1)N(CCCN)C(=O)c1ccc(C)cc1.Cl. The summed E-state index contributed by atoms with van der Waals surface area (Å²) in [5.41, 5.74) is 9.54. The highest BCUT2D eigenvalue weighted by Crippen LogP contribution is 2.27. The van der Waals surface area contributed by atoms with E-state index in [0.717, 1.165) is 11.1 Å². The van der Waals surface area contributed by atoms with Crippen molar-refractivity contribution in [2.45, 2.75) is 46.2 Å². The highest BCUT2D eigenvalue weighted by atomic mass is 35.5. The molecule has 37 heavy (non-hydrogen) atoms. The van der Waals surface area contributed by atoms with Gasteiger partial charge in [0, 0.05) is 19.2 Å². The average Bonchev–Trinajstić information content (AvgIpc) is 3.17. The molecule has 0 aliphatic rings. The minimum absolute atomic E-state index is 0. The number of carbonyl (C=O) groups excluding carboxylic acids is 1. The first kappa shape index (κ1) is 28.1. The van der Waals surface area contributed by atoms with Crippen LogP contribution in [0.5, 0.6) is 0 Å². The lowest BCUT2D eigenvalue weighted by Gasteiger charge is -2.32. The van der Waals surface area contributed by atoms with Gasteiger partial charge in [-0.15, -0.1) is 12.4 Å². The number of carbonyl (C=O) groups is 1. The molecule has 0 fully saturated rings. The summed E-state index contributed by atoms with van der Waals surface area (Å²) in [6.07, 6.45) is 1.23. The third-order valence-electron chi connectivity index (χ3n) is 6.55. The number of nitrogens with zero attached hydrogens (tertiary/aromatic N) is 5. The molecule has 2 heterocycles. The van der Waals surface area contributed by atoms with E-state index in [0.29, 0.717) is 60.6 Å². The molecule has 0 aliphatic carbocycles. The number of amides is 1. The lowest BCUT2D eigenvalue weighted by Crippen LogP contribution is -2.40. The average molecular weight is 523 g/mol. The number of aryl methyl sites for hydroxylation is 3. The number of hydrogen-bond donors (Lipinski definition) is 1. The fourth-order valence-electron chi connectivity index (χ4n) is 4.67. The van der Waals surface area contributed by atoms with E-state index >= 15 is 0 Å². The molecular weight excluding hydrogens is 488 g/mol. The van der Waals surface area contributed by atoms with Crippen LogP contribution in [0.25, 0.3) is 11.0 Å². The number of halogens is 1. The number of benzene rings is 2. The van der Waals surface area contributed by atoms with Gasteiger partial charge in [0.15, 0.2) is 5.65 Å². The maximum absolute atomic E-state index is 13.9. The van der Waals surface area contributed by atoms with Crippen molar-refractivity contribution in [3.8, 4) is 0 Å². The summed E-state index contributed by atoms with van der Waals surface area (Å²) in [5, 5.41) is 4.96. The Balaban J connectivity index is 0.00000380. The zero-order chi connectivity index (χ0) is 25.8. The number of hydrogen-bond acceptors (Lipinski definition) is 5. The van der Waals surface area contributed by atoms with Crippen LogP contribution in [-0.2, 0) is 13.6 Å². The molecule has 196 valence electrons. The van der Waals surface area contributed by atoms with Gasteiger partial charge >= 0.3 is 0 Å². The smallest absolute Gasteiger partial charge is 0.265 e. The zero-order valence-electron chi connectivity index (χ0n) is 21.8. The Morgan fingerprint density at radius 2 is 1.76 bits per heavy atom. The van der Waals surface area contributed by atoms with Crippen LogP contribution >= 0.6 is 12.4 Å². The lowest BCUT2D eigenvalue weighted by molar-refractivity contribution is 0.0655. The molecule has 1 amide bonds. The van der Waals surface area contributed by atoms with Crippen LogP contribution in [0, 0.1) is 13.8 Å². The van der Waals surface area contributed by atoms with E-state index in [1.165, 1.54) is 0 Å². The Morgan fingerprint density at radius 3 is 2.38 bits per heavy atom. The van der Waals surface area contributed by atoms with Gasteiger partial charge in [-0.05, 0) is 50.9 Å². The third kappa shape index (κ3) is 5.76. The molecule has 2 aromatic carbocycles. The van der Waals surface area contributed by atoms with Crippen molar-refractivity contribution < 1.29 is 4.79 Å². The predicted molar refractivity (Wildman–Crippen MR) is 149 cm³/mol. The quantitative estimate of drug-likeness (QED) is 0.356. The zero-order valence-corrected chi connectivity index (χ0v) is 22.7. The topological polar surface area (TPSA) is 99.0 Å². The predicted octanol–water partition coefficient (Wildman–Crippen LogP) is 4.16. The lowest BCUT2D eigenvalue weighted by atomic mass is 10.1. The van der Waals surface area contributed by atoms with Crippen LogP contribution in [0.1, 0.15) is 58.8 Å². The summed E-state index contributed by atoms with van der Waals surface area (Å²) in [5.74, 6) is 0.455. The first-order valence-electron chi connectivity index (χ1n) is 12.4. The van der Waals surface area contributed by atoms with Gasteiger partial charge < -0.3 is 10.6 Å². The summed E-state index contributed by atoms with van der Waals surface area (Å²) >= 11 is 0. The first-order chi connectivity index (χ1) is 17.3. The van der Waals surface area contributed by atoms with Gasteiger partial charge in [-0.25, -0.2) is 9.67 Å². The van der Waals surface area contributed by atoms with Crippen LogP contribution in [0.15, 0.2) is 59.4 Å². The second kappa shape index (κ2) is 12.2. The number of fused-ring (bicyclic) bond motifs is 1. The molecule has 8 nitrogen and oxygen atoms in total. The Labute approximate surface area is 223 Å². The van der Waals surface area contributed by atoms with Gasteiger partial charge in [0.2, 0.25) is 0 Å². The normalized spacial score (nSPS) is 11.8. The van der Waals surface area contributed by atoms with Crippen molar-refractivity contribution in [2.24, 2.45) is 12.8 Å². The van der Waals surface area contributed by atoms with E-state index in [1.807, 2.05) is 80.3 Å². The van der Waals surface area contributed by atoms with E-state index in [4.69, 9.17) is 10.7 Å². The summed E-state index contributed by atoms with van der Waals surface area (Å²) in [6, 6.07) is 17.0. The van der Waals surface area contributed by atoms with Crippen molar-refractivity contribution in [3.63, 3.8) is 0 Å². The van der Waals surface area contributed by atoms with Crippen molar-refractivity contribution in [1.82, 2.24) is 24.2 Å². The van der Waals surface area contributed by atoms with E-state index in [-0.39, 0.29) is 23.9 Å². The van der Waals surface area contributed by atoms with Gasteiger partial charge in [0.1, 0.15) is 11.2 Å². The Morgan fingerprint density at radius 1 is 1.08 bits per heavy atom. The minimum Gasteiger partial charge on any atom is -0.330 e. The summed E-state index contributed by atoms with van der Waals surface area (Å²) in [7, 11) is 1.79. The fraction of sp³-hybridized carbons (Fsp3) is 0.357. The molecule has 0 saturated heterocycles. The standard InChI is InChI=1S/C28H34N6O2.ClH/c1-5-23(33(17-9-16-29)27(35)22-14-12-19(2)13-15-22)25-30-26-24(20(3)31-32(26)4)28(36)34(25)18-21-10-7-6-8-11-21;/h6-8,10-15,23H,5,9,16-18,29H2,1-4H3;1H. The highest BCUT2D eigenvalue weighted by Gasteiger charge is 2.30. The molecule has 4 rings (SSSR count). The molecule has 1 atom stereocenters. The van der Waals surface area contributed by atoms with E-state index < -0.39 is 6.04 Å². The van der Waals surface area contributed by atoms with E-state index in [9.17, 15) is 9.59 Å². The maximum atomic E-state index is 13.9. The molecule has 0 aliphatic heterocycles. The van der Waals surface area contributed by atoms with Crippen LogP contribution in [0.2, 0.25) is 0 Å². The van der Waals surface area contributed by atoms with E-state index in [1.54, 1.807) is 16.3 Å². The van der Waals surface area contributed by atoms with Gasteiger partial charge in [-0.1, -0.05) is 55.0 Å². The van der Waals surface area contributed by atoms with Crippen LogP contribution in [0.3, 0.4) is 0 Å². The Bertz CT molecular complexity index is 1410. The summed E-state index contributed by atoms with van der Waals surface area (Å²) in [4.78, 5) is 34.4. The van der Waals surface area contributed by atoms with Gasteiger partial charge in [0.05, 0.1) is 18.3 Å². The summed E-state index contributed by atoms with van der Waals surface area (Å²) < 4.78 is 3.35. The third-order valence-corrected chi connectivity index (χ3v) is 6.55. The molecule has 9 heteroatoms. The van der Waals surface area contributed by atoms with Crippen LogP contribution < -0.4 is 11.3 Å². The van der Waals surface area contributed by atoms with Crippen molar-refractivity contribution in [1.29, 1.82) is 0 Å². The van der Waals surface area contributed by atoms with Crippen molar-refractivity contribution >= 4 is 29.3 Å². The Kier molecular flexibility index (Phi) is 9.23.